The molecule has 93 valence electrons. The maximum atomic E-state index is 9.98. The van der Waals surface area contributed by atoms with E-state index in [-0.39, 0.29) is 0 Å². The molecular formula is C13H21BNO2. The molecule has 0 aliphatic carbocycles. The summed E-state index contributed by atoms with van der Waals surface area (Å²) >= 11 is 0. The number of rotatable bonds is 4. The SMILES string of the molecule is Cc1ccc([B]OC(C)(C)C(C)(C)O)c(C)n1. The Balaban J connectivity index is 2.74. The second-order valence-corrected chi connectivity index (χ2v) is 5.43. The molecule has 1 radical (unpaired) electrons. The van der Waals surface area contributed by atoms with Crippen LogP contribution in [-0.4, -0.2) is 28.8 Å². The van der Waals surface area contributed by atoms with Crippen molar-refractivity contribution in [3.8, 4) is 0 Å². The van der Waals surface area contributed by atoms with Crippen molar-refractivity contribution in [1.29, 1.82) is 0 Å². The van der Waals surface area contributed by atoms with Gasteiger partial charge >= 0.3 is 7.48 Å². The average molecular weight is 234 g/mol. The molecule has 0 bridgehead atoms. The summed E-state index contributed by atoms with van der Waals surface area (Å²) in [5.74, 6) is 0. The molecule has 4 heteroatoms. The molecule has 0 aliphatic rings. The number of pyridine rings is 1. The van der Waals surface area contributed by atoms with Crippen LogP contribution in [0.2, 0.25) is 0 Å². The first kappa shape index (κ1) is 14.2. The van der Waals surface area contributed by atoms with Gasteiger partial charge in [0.1, 0.15) is 0 Å². The van der Waals surface area contributed by atoms with Crippen molar-refractivity contribution in [2.24, 2.45) is 0 Å². The molecule has 1 aromatic heterocycles. The predicted molar refractivity (Wildman–Crippen MR) is 70.6 cm³/mol. The van der Waals surface area contributed by atoms with Gasteiger partial charge in [0.2, 0.25) is 0 Å². The Morgan fingerprint density at radius 1 is 1.18 bits per heavy atom. The standard InChI is InChI=1S/C13H21BNO2/c1-9-7-8-11(10(2)15-9)14-17-13(5,6)12(3,4)16/h7-8,16H,1-6H3. The Morgan fingerprint density at radius 3 is 2.24 bits per heavy atom. The third-order valence-corrected chi connectivity index (χ3v) is 3.22. The lowest BCUT2D eigenvalue weighted by Crippen LogP contribution is -2.49. The quantitative estimate of drug-likeness (QED) is 0.803. The van der Waals surface area contributed by atoms with Crippen LogP contribution in [0.25, 0.3) is 0 Å². The van der Waals surface area contributed by atoms with Crippen LogP contribution >= 0.6 is 0 Å². The van der Waals surface area contributed by atoms with Crippen LogP contribution < -0.4 is 5.46 Å². The normalized spacial score (nSPS) is 12.6. The van der Waals surface area contributed by atoms with E-state index in [1.807, 2.05) is 39.8 Å². The molecule has 1 N–H and O–H groups in total. The first-order valence-corrected chi connectivity index (χ1v) is 5.81. The largest absolute Gasteiger partial charge is 0.427 e. The molecule has 0 atom stereocenters. The summed E-state index contributed by atoms with van der Waals surface area (Å²) < 4.78 is 5.69. The third-order valence-electron chi connectivity index (χ3n) is 3.22. The Kier molecular flexibility index (Phi) is 4.00. The molecule has 3 nitrogen and oxygen atoms in total. The van der Waals surface area contributed by atoms with Crippen LogP contribution in [0.5, 0.6) is 0 Å². The zero-order chi connectivity index (χ0) is 13.3. The van der Waals surface area contributed by atoms with Crippen LogP contribution in [0, 0.1) is 13.8 Å². The molecule has 1 heterocycles. The molecule has 0 aliphatic heterocycles. The zero-order valence-electron chi connectivity index (χ0n) is 11.5. The molecular weight excluding hydrogens is 213 g/mol. The van der Waals surface area contributed by atoms with Crippen molar-refractivity contribution in [1.82, 2.24) is 4.98 Å². The number of hydrogen-bond acceptors (Lipinski definition) is 3. The van der Waals surface area contributed by atoms with Crippen LogP contribution in [0.3, 0.4) is 0 Å². The summed E-state index contributed by atoms with van der Waals surface area (Å²) in [6.07, 6.45) is 0. The first-order valence-electron chi connectivity index (χ1n) is 5.81. The fourth-order valence-corrected chi connectivity index (χ4v) is 1.18. The van der Waals surface area contributed by atoms with Crippen LogP contribution in [-0.2, 0) is 4.65 Å². The van der Waals surface area contributed by atoms with E-state index in [0.29, 0.717) is 0 Å². The number of aryl methyl sites for hydroxylation is 2. The highest BCUT2D eigenvalue weighted by molar-refractivity contribution is 6.47. The van der Waals surface area contributed by atoms with Gasteiger partial charge in [-0.25, -0.2) is 0 Å². The third kappa shape index (κ3) is 3.55. The Labute approximate surface area is 105 Å². The summed E-state index contributed by atoms with van der Waals surface area (Å²) in [6.45, 7) is 11.1. The minimum absolute atomic E-state index is 0.648. The maximum Gasteiger partial charge on any atom is 0.332 e. The molecule has 0 saturated carbocycles. The van der Waals surface area contributed by atoms with E-state index >= 15 is 0 Å². The lowest BCUT2D eigenvalue weighted by atomic mass is 9.82. The van der Waals surface area contributed by atoms with Gasteiger partial charge in [-0.3, -0.25) is 4.98 Å². The van der Waals surface area contributed by atoms with E-state index in [9.17, 15) is 5.11 Å². The molecule has 0 amide bonds. The fraction of sp³-hybridized carbons (Fsp3) is 0.615. The van der Waals surface area contributed by atoms with E-state index < -0.39 is 11.2 Å². The van der Waals surface area contributed by atoms with E-state index in [1.54, 1.807) is 21.3 Å². The van der Waals surface area contributed by atoms with Gasteiger partial charge in [-0.1, -0.05) is 6.07 Å². The Hall–Kier alpha value is -0.865. The van der Waals surface area contributed by atoms with Gasteiger partial charge in [0.05, 0.1) is 11.2 Å². The number of hydrogen-bond donors (Lipinski definition) is 1. The second kappa shape index (κ2) is 4.79. The molecule has 1 aromatic rings. The lowest BCUT2D eigenvalue weighted by molar-refractivity contribution is -0.0893. The van der Waals surface area contributed by atoms with Crippen LogP contribution in [0.15, 0.2) is 12.1 Å². The smallest absolute Gasteiger partial charge is 0.332 e. The molecule has 1 rings (SSSR count). The van der Waals surface area contributed by atoms with E-state index in [2.05, 4.69) is 4.98 Å². The molecule has 0 unspecified atom stereocenters. The van der Waals surface area contributed by atoms with Crippen molar-refractivity contribution in [3.63, 3.8) is 0 Å². The highest BCUT2D eigenvalue weighted by Gasteiger charge is 2.35. The van der Waals surface area contributed by atoms with Crippen molar-refractivity contribution >= 4 is 12.9 Å². The highest BCUT2D eigenvalue weighted by Crippen LogP contribution is 2.24. The predicted octanol–water partition coefficient (Wildman–Crippen LogP) is 1.51. The van der Waals surface area contributed by atoms with Crippen LogP contribution in [0.4, 0.5) is 0 Å². The van der Waals surface area contributed by atoms with Crippen molar-refractivity contribution in [2.45, 2.75) is 52.7 Å². The number of nitrogens with zero attached hydrogens (tertiary/aromatic N) is 1. The molecule has 17 heavy (non-hydrogen) atoms. The first-order chi connectivity index (χ1) is 7.63. The monoisotopic (exact) mass is 234 g/mol. The number of aliphatic hydroxyl groups is 1. The number of aromatic nitrogens is 1. The molecule has 0 fully saturated rings. The molecule has 0 spiro atoms. The molecule has 0 saturated heterocycles. The summed E-state index contributed by atoms with van der Waals surface area (Å²) in [7, 11) is 1.67. The van der Waals surface area contributed by atoms with Crippen molar-refractivity contribution in [2.75, 3.05) is 0 Å². The maximum absolute atomic E-state index is 9.98. The summed E-state index contributed by atoms with van der Waals surface area (Å²) in [4.78, 5) is 4.36. The minimum Gasteiger partial charge on any atom is -0.427 e. The van der Waals surface area contributed by atoms with Crippen molar-refractivity contribution in [3.05, 3.63) is 23.5 Å². The van der Waals surface area contributed by atoms with Gasteiger partial charge in [0.25, 0.3) is 0 Å². The summed E-state index contributed by atoms with van der Waals surface area (Å²) in [5, 5.41) is 9.98. The molecule has 0 aromatic carbocycles. The minimum atomic E-state index is -0.907. The van der Waals surface area contributed by atoms with E-state index in [1.165, 1.54) is 0 Å². The van der Waals surface area contributed by atoms with E-state index in [4.69, 9.17) is 4.65 Å². The summed E-state index contributed by atoms with van der Waals surface area (Å²) in [6, 6.07) is 3.91. The average Bonchev–Trinajstić information content (AvgIpc) is 2.14. The topological polar surface area (TPSA) is 42.4 Å². The van der Waals surface area contributed by atoms with Gasteiger partial charge in [-0.15, -0.1) is 0 Å². The van der Waals surface area contributed by atoms with Gasteiger partial charge in [-0.05, 0) is 53.1 Å². The van der Waals surface area contributed by atoms with Gasteiger partial charge in [-0.2, -0.15) is 0 Å². The zero-order valence-corrected chi connectivity index (χ0v) is 11.5. The Morgan fingerprint density at radius 2 is 1.76 bits per heavy atom. The second-order valence-electron chi connectivity index (χ2n) is 5.43. The van der Waals surface area contributed by atoms with Gasteiger partial charge < -0.3 is 9.76 Å². The van der Waals surface area contributed by atoms with Crippen LogP contribution in [0.1, 0.15) is 39.1 Å². The fourth-order valence-electron chi connectivity index (χ4n) is 1.18. The van der Waals surface area contributed by atoms with E-state index in [0.717, 1.165) is 16.9 Å². The highest BCUT2D eigenvalue weighted by atomic mass is 16.5. The Bertz CT molecular complexity index is 397. The lowest BCUT2D eigenvalue weighted by Gasteiger charge is -2.37. The summed E-state index contributed by atoms with van der Waals surface area (Å²) in [5.41, 5.74) is 1.30. The van der Waals surface area contributed by atoms with Gasteiger partial charge in [0, 0.05) is 11.4 Å². The van der Waals surface area contributed by atoms with Crippen molar-refractivity contribution < 1.29 is 9.76 Å². The van der Waals surface area contributed by atoms with Gasteiger partial charge in [0.15, 0.2) is 0 Å².